The summed E-state index contributed by atoms with van der Waals surface area (Å²) >= 11 is 0. The number of para-hydroxylation sites is 1. The van der Waals surface area contributed by atoms with Crippen LogP contribution >= 0.6 is 0 Å². The fourth-order valence-electron chi connectivity index (χ4n) is 1.63. The van der Waals surface area contributed by atoms with Gasteiger partial charge in [0.25, 0.3) is 0 Å². The Morgan fingerprint density at radius 3 is 2.33 bits per heavy atom. The minimum atomic E-state index is 0.0308. The molecule has 0 aliphatic heterocycles. The zero-order valence-corrected chi connectivity index (χ0v) is 11.6. The molecule has 2 rings (SSSR count). The predicted molar refractivity (Wildman–Crippen MR) is 80.7 cm³/mol. The van der Waals surface area contributed by atoms with Crippen molar-refractivity contribution in [1.82, 2.24) is 0 Å². The van der Waals surface area contributed by atoms with Crippen molar-refractivity contribution in [2.24, 2.45) is 10.9 Å². The van der Waals surface area contributed by atoms with Crippen molar-refractivity contribution in [1.29, 1.82) is 0 Å². The van der Waals surface area contributed by atoms with E-state index in [4.69, 9.17) is 20.4 Å². The molecule has 0 atom stereocenters. The molecule has 5 nitrogen and oxygen atoms in total. The number of aliphatic hydroxyl groups excluding tert-OH is 1. The van der Waals surface area contributed by atoms with Crippen LogP contribution in [0.4, 0.5) is 0 Å². The lowest BCUT2D eigenvalue weighted by Gasteiger charge is -2.05. The average Bonchev–Trinajstić information content (AvgIpc) is 2.54. The second-order valence-electron chi connectivity index (χ2n) is 4.43. The largest absolute Gasteiger partial charge is 0.486 e. The van der Waals surface area contributed by atoms with Crippen molar-refractivity contribution in [2.45, 2.75) is 13.2 Å². The maximum atomic E-state index is 8.95. The first-order chi connectivity index (χ1) is 10.3. The van der Waals surface area contributed by atoms with Gasteiger partial charge in [-0.25, -0.2) is 0 Å². The number of hydrogen-bond donors (Lipinski definition) is 2. The van der Waals surface area contributed by atoms with Gasteiger partial charge in [0.05, 0.1) is 6.61 Å². The molecule has 0 spiro atoms. The molecule has 0 unspecified atom stereocenters. The molecule has 3 N–H and O–H groups in total. The number of ether oxygens (including phenoxy) is 1. The fourth-order valence-corrected chi connectivity index (χ4v) is 1.63. The van der Waals surface area contributed by atoms with Crippen LogP contribution in [0.25, 0.3) is 0 Å². The summed E-state index contributed by atoms with van der Waals surface area (Å²) in [5.41, 5.74) is 7.51. The van der Waals surface area contributed by atoms with Gasteiger partial charge in [-0.3, -0.25) is 0 Å². The molecule has 0 saturated carbocycles. The number of oxime groups is 1. The van der Waals surface area contributed by atoms with Crippen molar-refractivity contribution in [3.05, 3.63) is 65.7 Å². The van der Waals surface area contributed by atoms with E-state index >= 15 is 0 Å². The molecule has 2 aromatic carbocycles. The Bertz CT molecular complexity index is 568. The molecule has 0 heterocycles. The molecule has 0 aliphatic rings. The van der Waals surface area contributed by atoms with Gasteiger partial charge in [-0.15, -0.1) is 0 Å². The lowest BCUT2D eigenvalue weighted by Crippen LogP contribution is -2.21. The number of nitrogens with zero attached hydrogens (tertiary/aromatic N) is 1. The Morgan fingerprint density at radius 2 is 1.67 bits per heavy atom. The Balaban J connectivity index is 1.75. The van der Waals surface area contributed by atoms with Crippen LogP contribution in [0.15, 0.2) is 59.8 Å². The van der Waals surface area contributed by atoms with Crippen molar-refractivity contribution in [3.63, 3.8) is 0 Å². The van der Waals surface area contributed by atoms with Gasteiger partial charge in [-0.2, -0.15) is 0 Å². The number of benzene rings is 2. The van der Waals surface area contributed by atoms with E-state index in [1.807, 2.05) is 54.6 Å². The second-order valence-corrected chi connectivity index (χ2v) is 4.43. The van der Waals surface area contributed by atoms with Crippen LogP contribution in [0.3, 0.4) is 0 Å². The summed E-state index contributed by atoms with van der Waals surface area (Å²) in [6, 6.07) is 16.8. The summed E-state index contributed by atoms with van der Waals surface area (Å²) in [6.07, 6.45) is 0. The van der Waals surface area contributed by atoms with Crippen LogP contribution in [-0.2, 0) is 18.1 Å². The lowest BCUT2D eigenvalue weighted by molar-refractivity contribution is 0.128. The minimum absolute atomic E-state index is 0.0308. The number of rotatable bonds is 7. The van der Waals surface area contributed by atoms with Crippen LogP contribution < -0.4 is 10.5 Å². The summed E-state index contributed by atoms with van der Waals surface area (Å²) < 4.78 is 5.44. The van der Waals surface area contributed by atoms with Gasteiger partial charge in [0.2, 0.25) is 0 Å². The van der Waals surface area contributed by atoms with Gasteiger partial charge in [0.1, 0.15) is 19.0 Å². The Kier molecular flexibility index (Phi) is 5.60. The zero-order chi connectivity index (χ0) is 14.9. The highest BCUT2D eigenvalue weighted by atomic mass is 16.6. The van der Waals surface area contributed by atoms with Crippen LogP contribution in [-0.4, -0.2) is 17.5 Å². The highest BCUT2D eigenvalue weighted by Crippen LogP contribution is 2.08. The summed E-state index contributed by atoms with van der Waals surface area (Å²) in [4.78, 5) is 5.16. The molecule has 0 amide bonds. The van der Waals surface area contributed by atoms with Gasteiger partial charge in [0.15, 0.2) is 5.84 Å². The van der Waals surface area contributed by atoms with Gasteiger partial charge < -0.3 is 20.4 Å². The summed E-state index contributed by atoms with van der Waals surface area (Å²) in [6.45, 7) is 0.522. The fraction of sp³-hybridized carbons (Fsp3) is 0.188. The molecule has 0 saturated heterocycles. The normalized spacial score (nSPS) is 11.2. The third kappa shape index (κ3) is 5.16. The first-order valence-corrected chi connectivity index (χ1v) is 6.59. The molecule has 0 radical (unpaired) electrons. The molecule has 5 heteroatoms. The third-order valence-corrected chi connectivity index (χ3v) is 2.75. The SMILES string of the molecule is N/C(COc1ccccc1)=N/OCc1ccc(CO)cc1. The molecule has 0 aliphatic carbocycles. The van der Waals surface area contributed by atoms with E-state index in [0.717, 1.165) is 16.9 Å². The monoisotopic (exact) mass is 286 g/mol. The van der Waals surface area contributed by atoms with Gasteiger partial charge in [0, 0.05) is 0 Å². The lowest BCUT2D eigenvalue weighted by atomic mass is 10.1. The van der Waals surface area contributed by atoms with E-state index in [2.05, 4.69) is 5.16 Å². The van der Waals surface area contributed by atoms with Gasteiger partial charge in [-0.05, 0) is 23.3 Å². The van der Waals surface area contributed by atoms with Crippen molar-refractivity contribution < 1.29 is 14.7 Å². The molecular formula is C16H18N2O3. The van der Waals surface area contributed by atoms with Crippen molar-refractivity contribution in [3.8, 4) is 5.75 Å². The first kappa shape index (κ1) is 14.9. The molecule has 110 valence electrons. The van der Waals surface area contributed by atoms with Crippen LogP contribution in [0.1, 0.15) is 11.1 Å². The highest BCUT2D eigenvalue weighted by Gasteiger charge is 1.98. The summed E-state index contributed by atoms with van der Waals surface area (Å²) in [7, 11) is 0. The number of nitrogens with two attached hydrogens (primary N) is 1. The molecule has 0 bridgehead atoms. The predicted octanol–water partition coefficient (Wildman–Crippen LogP) is 2.05. The molecular weight excluding hydrogens is 268 g/mol. The number of aliphatic hydroxyl groups is 1. The third-order valence-electron chi connectivity index (χ3n) is 2.75. The standard InChI is InChI=1S/C16H18N2O3/c17-16(12-20-15-4-2-1-3-5-15)18-21-11-14-8-6-13(10-19)7-9-14/h1-9,19H,10-12H2,(H2,17,18). The van der Waals surface area contributed by atoms with Gasteiger partial charge >= 0.3 is 0 Å². The van der Waals surface area contributed by atoms with E-state index < -0.39 is 0 Å². The maximum absolute atomic E-state index is 8.95. The van der Waals surface area contributed by atoms with E-state index in [1.54, 1.807) is 0 Å². The van der Waals surface area contributed by atoms with Crippen LogP contribution in [0.5, 0.6) is 5.75 Å². The molecule has 21 heavy (non-hydrogen) atoms. The van der Waals surface area contributed by atoms with Crippen LogP contribution in [0.2, 0.25) is 0 Å². The Morgan fingerprint density at radius 1 is 1.00 bits per heavy atom. The average molecular weight is 286 g/mol. The van der Waals surface area contributed by atoms with E-state index in [1.165, 1.54) is 0 Å². The zero-order valence-electron chi connectivity index (χ0n) is 11.6. The maximum Gasteiger partial charge on any atom is 0.177 e. The van der Waals surface area contributed by atoms with E-state index in [0.29, 0.717) is 6.61 Å². The molecule has 0 aromatic heterocycles. The highest BCUT2D eigenvalue weighted by molar-refractivity contribution is 5.81. The van der Waals surface area contributed by atoms with Gasteiger partial charge in [-0.1, -0.05) is 47.6 Å². The Labute approximate surface area is 123 Å². The number of amidine groups is 1. The second kappa shape index (κ2) is 7.91. The van der Waals surface area contributed by atoms with E-state index in [-0.39, 0.29) is 19.0 Å². The summed E-state index contributed by atoms with van der Waals surface area (Å²) in [5, 5.41) is 12.7. The topological polar surface area (TPSA) is 77.1 Å². The molecule has 0 fully saturated rings. The minimum Gasteiger partial charge on any atom is -0.486 e. The number of hydrogen-bond acceptors (Lipinski definition) is 4. The van der Waals surface area contributed by atoms with Crippen molar-refractivity contribution in [2.75, 3.05) is 6.61 Å². The van der Waals surface area contributed by atoms with E-state index in [9.17, 15) is 0 Å². The smallest absolute Gasteiger partial charge is 0.177 e. The first-order valence-electron chi connectivity index (χ1n) is 6.59. The Hall–Kier alpha value is -2.53. The quantitative estimate of drug-likeness (QED) is 0.464. The molecule has 2 aromatic rings. The van der Waals surface area contributed by atoms with Crippen LogP contribution in [0, 0.1) is 0 Å². The van der Waals surface area contributed by atoms with Crippen molar-refractivity contribution >= 4 is 5.84 Å². The summed E-state index contributed by atoms with van der Waals surface area (Å²) in [5.74, 6) is 1.00.